The Hall–Kier alpha value is -1.35. The Morgan fingerprint density at radius 2 is 1.52 bits per heavy atom. The minimum atomic E-state index is -1.94. The third kappa shape index (κ3) is 9.76. The second kappa shape index (κ2) is 12.0. The van der Waals surface area contributed by atoms with Gasteiger partial charge in [0, 0.05) is 18.4 Å². The molecule has 0 aromatic rings. The van der Waals surface area contributed by atoms with Crippen molar-refractivity contribution in [2.45, 2.75) is 118 Å². The minimum absolute atomic E-state index is 0.135. The van der Waals surface area contributed by atoms with Crippen molar-refractivity contribution in [2.24, 2.45) is 5.92 Å². The zero-order valence-electron chi connectivity index (χ0n) is 22.1. The first-order valence-electron chi connectivity index (χ1n) is 12.1. The highest BCUT2D eigenvalue weighted by Gasteiger charge is 2.41. The average molecular weight is 445 g/mol. The van der Waals surface area contributed by atoms with Crippen molar-refractivity contribution in [2.75, 3.05) is 0 Å². The van der Waals surface area contributed by atoms with Gasteiger partial charge in [0.15, 0.2) is 5.78 Å². The number of ketones is 1. The molecule has 0 saturated heterocycles. The Morgan fingerprint density at radius 3 is 2.06 bits per heavy atom. The Bertz CT molecular complexity index is 737. The molecule has 0 aliphatic heterocycles. The molecule has 0 bridgehead atoms. The fourth-order valence-electron chi connectivity index (χ4n) is 3.51. The number of Topliss-reactive ketones (excluding diaryl/α,β-unsaturated/α-hetero) is 1. The summed E-state index contributed by atoms with van der Waals surface area (Å²) in [4.78, 5) is 12.8. The van der Waals surface area contributed by atoms with E-state index in [1.54, 1.807) is 0 Å². The quantitative estimate of drug-likeness (QED) is 0.248. The molecule has 0 amide bonds. The molecule has 0 N–H and O–H groups in total. The minimum Gasteiger partial charge on any atom is -0.546 e. The molecule has 1 unspecified atom stereocenters. The third-order valence-corrected chi connectivity index (χ3v) is 11.1. The molecule has 0 aromatic heterocycles. The number of hydrogen-bond donors (Lipinski definition) is 0. The molecule has 0 aromatic carbocycles. The van der Waals surface area contributed by atoms with Crippen LogP contribution in [0.2, 0.25) is 18.1 Å². The first kappa shape index (κ1) is 27.7. The molecule has 1 aliphatic rings. The van der Waals surface area contributed by atoms with E-state index < -0.39 is 8.32 Å². The highest BCUT2D eigenvalue weighted by Crippen LogP contribution is 2.41. The van der Waals surface area contributed by atoms with Gasteiger partial charge < -0.3 is 4.43 Å². The van der Waals surface area contributed by atoms with Gasteiger partial charge in [-0.2, -0.15) is 0 Å². The van der Waals surface area contributed by atoms with E-state index in [1.165, 1.54) is 16.7 Å². The van der Waals surface area contributed by atoms with Crippen LogP contribution in [0.5, 0.6) is 0 Å². The van der Waals surface area contributed by atoms with Crippen LogP contribution in [-0.2, 0) is 9.22 Å². The Balaban J connectivity index is 2.82. The van der Waals surface area contributed by atoms with E-state index in [1.807, 2.05) is 0 Å². The maximum absolute atomic E-state index is 12.8. The van der Waals surface area contributed by atoms with Crippen molar-refractivity contribution >= 4 is 14.1 Å². The zero-order chi connectivity index (χ0) is 23.8. The van der Waals surface area contributed by atoms with E-state index in [4.69, 9.17) is 4.43 Å². The topological polar surface area (TPSA) is 26.3 Å². The predicted molar refractivity (Wildman–Crippen MR) is 139 cm³/mol. The molecule has 0 heterocycles. The maximum atomic E-state index is 12.8. The van der Waals surface area contributed by atoms with E-state index in [0.29, 0.717) is 18.8 Å². The van der Waals surface area contributed by atoms with Gasteiger partial charge in [0.1, 0.15) is 0 Å². The number of allylic oxidation sites excluding steroid dienone is 8. The first-order chi connectivity index (χ1) is 14.2. The predicted octanol–water partition coefficient (Wildman–Crippen LogP) is 9.07. The van der Waals surface area contributed by atoms with Gasteiger partial charge >= 0.3 is 0 Å². The van der Waals surface area contributed by atoms with Crippen molar-refractivity contribution in [1.82, 2.24) is 0 Å². The lowest BCUT2D eigenvalue weighted by molar-refractivity contribution is -0.117. The van der Waals surface area contributed by atoms with Crippen LogP contribution in [0.25, 0.3) is 0 Å². The summed E-state index contributed by atoms with van der Waals surface area (Å²) in [5.41, 5.74) is 5.15. The van der Waals surface area contributed by atoms with Crippen molar-refractivity contribution in [3.63, 3.8) is 0 Å². The monoisotopic (exact) mass is 444 g/mol. The Labute approximate surface area is 194 Å². The molecule has 1 rings (SSSR count). The smallest absolute Gasteiger partial charge is 0.250 e. The normalized spacial score (nSPS) is 19.0. The van der Waals surface area contributed by atoms with Gasteiger partial charge in [-0.3, -0.25) is 4.79 Å². The summed E-state index contributed by atoms with van der Waals surface area (Å²) in [7, 11) is -1.94. The fourth-order valence-corrected chi connectivity index (χ4v) is 4.64. The summed E-state index contributed by atoms with van der Waals surface area (Å²) in [6.07, 6.45) is 13.6. The molecular weight excluding hydrogens is 396 g/mol. The van der Waals surface area contributed by atoms with Gasteiger partial charge in [0.25, 0.3) is 0 Å². The molecule has 176 valence electrons. The second-order valence-corrected chi connectivity index (χ2v) is 16.1. The molecule has 31 heavy (non-hydrogen) atoms. The van der Waals surface area contributed by atoms with Gasteiger partial charge in [-0.25, -0.2) is 0 Å². The van der Waals surface area contributed by atoms with E-state index >= 15 is 0 Å². The van der Waals surface area contributed by atoms with Crippen LogP contribution in [0, 0.1) is 5.92 Å². The summed E-state index contributed by atoms with van der Waals surface area (Å²) < 4.78 is 6.65. The van der Waals surface area contributed by atoms with Gasteiger partial charge in [0.2, 0.25) is 8.32 Å². The van der Waals surface area contributed by atoms with Crippen molar-refractivity contribution in [3.8, 4) is 0 Å². The standard InChI is InChI=1S/C28H48O2Si/c1-21(2)13-11-14-22(3)15-12-16-23(4)17-18-25-26(29)19-24(5)20-27(25)30-31(9,10)28(6,7)8/h13,15,17,24H,11-12,14,16,18-20H2,1-10H3/b22-15+,23-17+. The largest absolute Gasteiger partial charge is 0.546 e. The van der Waals surface area contributed by atoms with E-state index in [2.05, 4.69) is 86.7 Å². The lowest BCUT2D eigenvalue weighted by Crippen LogP contribution is -2.41. The van der Waals surface area contributed by atoms with Crippen LogP contribution in [0.4, 0.5) is 0 Å². The molecule has 1 aliphatic carbocycles. The van der Waals surface area contributed by atoms with Crippen LogP contribution in [0.15, 0.2) is 46.3 Å². The van der Waals surface area contributed by atoms with E-state index in [-0.39, 0.29) is 10.8 Å². The molecule has 0 spiro atoms. The Kier molecular flexibility index (Phi) is 10.8. The van der Waals surface area contributed by atoms with Crippen molar-refractivity contribution in [3.05, 3.63) is 46.3 Å². The number of carbonyl (C=O) groups is 1. The highest BCUT2D eigenvalue weighted by molar-refractivity contribution is 6.74. The summed E-state index contributed by atoms with van der Waals surface area (Å²) in [6, 6.07) is 0. The molecule has 3 heteroatoms. The zero-order valence-corrected chi connectivity index (χ0v) is 23.1. The van der Waals surface area contributed by atoms with Crippen LogP contribution < -0.4 is 0 Å². The number of carbonyl (C=O) groups excluding carboxylic acids is 1. The summed E-state index contributed by atoms with van der Waals surface area (Å²) in [5, 5.41) is 0.135. The fraction of sp³-hybridized carbons (Fsp3) is 0.679. The van der Waals surface area contributed by atoms with Crippen LogP contribution >= 0.6 is 0 Å². The van der Waals surface area contributed by atoms with Gasteiger partial charge in [-0.15, -0.1) is 0 Å². The van der Waals surface area contributed by atoms with Gasteiger partial charge in [-0.1, -0.05) is 62.6 Å². The SMILES string of the molecule is CC(C)=CCC/C(C)=C/CC/C(C)=C/CC1=C(O[Si](C)(C)C(C)(C)C)CC(C)CC1=O. The molecular formula is C28H48O2Si. The van der Waals surface area contributed by atoms with E-state index in [9.17, 15) is 4.79 Å². The molecule has 0 fully saturated rings. The number of hydrogen-bond acceptors (Lipinski definition) is 2. The van der Waals surface area contributed by atoms with Crippen molar-refractivity contribution < 1.29 is 9.22 Å². The van der Waals surface area contributed by atoms with Gasteiger partial charge in [-0.05, 0) is 83.8 Å². The molecule has 0 radical (unpaired) electrons. The second-order valence-electron chi connectivity index (χ2n) is 11.4. The first-order valence-corrected chi connectivity index (χ1v) is 15.0. The molecule has 2 nitrogen and oxygen atoms in total. The summed E-state index contributed by atoms with van der Waals surface area (Å²) >= 11 is 0. The summed E-state index contributed by atoms with van der Waals surface area (Å²) in [5.74, 6) is 1.64. The van der Waals surface area contributed by atoms with Crippen LogP contribution in [0.1, 0.15) is 100 Å². The maximum Gasteiger partial charge on any atom is 0.250 e. The summed E-state index contributed by atoms with van der Waals surface area (Å²) in [6.45, 7) is 22.2. The molecule has 1 atom stereocenters. The van der Waals surface area contributed by atoms with Crippen LogP contribution in [-0.4, -0.2) is 14.1 Å². The third-order valence-electron chi connectivity index (χ3n) is 6.70. The van der Waals surface area contributed by atoms with E-state index in [0.717, 1.165) is 43.4 Å². The molecule has 0 saturated carbocycles. The number of rotatable bonds is 10. The van der Waals surface area contributed by atoms with Gasteiger partial charge in [0.05, 0.1) is 5.76 Å². The Morgan fingerprint density at radius 1 is 0.968 bits per heavy atom. The lowest BCUT2D eigenvalue weighted by Gasteiger charge is -2.39. The lowest BCUT2D eigenvalue weighted by atomic mass is 9.86. The van der Waals surface area contributed by atoms with Crippen LogP contribution in [0.3, 0.4) is 0 Å². The highest BCUT2D eigenvalue weighted by atomic mass is 28.4. The average Bonchev–Trinajstić information content (AvgIpc) is 2.59. The van der Waals surface area contributed by atoms with Crippen molar-refractivity contribution in [1.29, 1.82) is 0 Å².